The molecule has 0 aromatic heterocycles. The van der Waals surface area contributed by atoms with Crippen molar-refractivity contribution in [3.05, 3.63) is 28.8 Å². The number of carbonyl (C=O) groups is 1. The van der Waals surface area contributed by atoms with E-state index in [1.54, 1.807) is 25.1 Å². The predicted molar refractivity (Wildman–Crippen MR) is 70.6 cm³/mol. The average molecular weight is 292 g/mol. The SMILES string of the molecule is Cc1cc(N(CCC(=O)O)S(C)(=O)=O)ccc1Cl. The molecule has 0 heterocycles. The second-order valence-corrected chi connectivity index (χ2v) is 6.23. The van der Waals surface area contributed by atoms with E-state index in [9.17, 15) is 13.2 Å². The molecule has 1 aromatic rings. The third-order valence-corrected chi connectivity index (χ3v) is 3.98. The third kappa shape index (κ3) is 3.89. The molecular formula is C11H14ClNO4S. The lowest BCUT2D eigenvalue weighted by atomic mass is 10.2. The summed E-state index contributed by atoms with van der Waals surface area (Å²) in [6.45, 7) is 1.65. The van der Waals surface area contributed by atoms with Crippen LogP contribution in [-0.4, -0.2) is 32.3 Å². The number of carboxylic acid groups (broad SMARTS) is 1. The minimum atomic E-state index is -3.52. The molecule has 0 atom stereocenters. The molecule has 0 bridgehead atoms. The van der Waals surface area contributed by atoms with Gasteiger partial charge in [0.2, 0.25) is 10.0 Å². The molecule has 0 aliphatic rings. The number of sulfonamides is 1. The first-order valence-corrected chi connectivity index (χ1v) is 7.40. The summed E-state index contributed by atoms with van der Waals surface area (Å²) < 4.78 is 24.3. The molecule has 0 radical (unpaired) electrons. The van der Waals surface area contributed by atoms with Gasteiger partial charge in [-0.3, -0.25) is 9.10 Å². The van der Waals surface area contributed by atoms with E-state index in [0.29, 0.717) is 10.7 Å². The lowest BCUT2D eigenvalue weighted by molar-refractivity contribution is -0.136. The molecule has 5 nitrogen and oxygen atoms in total. The summed E-state index contributed by atoms with van der Waals surface area (Å²) in [4.78, 5) is 10.5. The molecular weight excluding hydrogens is 278 g/mol. The summed E-state index contributed by atoms with van der Waals surface area (Å²) in [6, 6.07) is 4.76. The van der Waals surface area contributed by atoms with Crippen LogP contribution in [0.25, 0.3) is 0 Å². The van der Waals surface area contributed by atoms with Gasteiger partial charge < -0.3 is 5.11 Å². The van der Waals surface area contributed by atoms with E-state index >= 15 is 0 Å². The minimum absolute atomic E-state index is 0.102. The Hall–Kier alpha value is -1.27. The van der Waals surface area contributed by atoms with E-state index < -0.39 is 16.0 Å². The van der Waals surface area contributed by atoms with Crippen LogP contribution in [0.3, 0.4) is 0 Å². The highest BCUT2D eigenvalue weighted by Crippen LogP contribution is 2.24. The summed E-state index contributed by atoms with van der Waals surface area (Å²) >= 11 is 5.87. The monoisotopic (exact) mass is 291 g/mol. The van der Waals surface area contributed by atoms with Crippen molar-refractivity contribution in [3.63, 3.8) is 0 Å². The largest absolute Gasteiger partial charge is 0.481 e. The fourth-order valence-electron chi connectivity index (χ4n) is 1.47. The molecule has 0 spiro atoms. The number of carboxylic acids is 1. The number of anilines is 1. The van der Waals surface area contributed by atoms with Crippen LogP contribution in [0.4, 0.5) is 5.69 Å². The second kappa shape index (κ2) is 5.58. The highest BCUT2D eigenvalue weighted by molar-refractivity contribution is 7.92. The fraction of sp³-hybridized carbons (Fsp3) is 0.364. The van der Waals surface area contributed by atoms with Crippen molar-refractivity contribution in [1.82, 2.24) is 0 Å². The molecule has 0 saturated carbocycles. The van der Waals surface area contributed by atoms with Gasteiger partial charge in [-0.1, -0.05) is 11.6 Å². The van der Waals surface area contributed by atoms with E-state index in [-0.39, 0.29) is 13.0 Å². The summed E-state index contributed by atoms with van der Waals surface area (Å²) in [5.41, 5.74) is 1.15. The number of nitrogens with zero attached hydrogens (tertiary/aromatic N) is 1. The lowest BCUT2D eigenvalue weighted by Gasteiger charge is -2.22. The molecule has 1 rings (SSSR count). The Labute approximate surface area is 111 Å². The van der Waals surface area contributed by atoms with Crippen LogP contribution >= 0.6 is 11.6 Å². The number of rotatable bonds is 5. The molecule has 0 fully saturated rings. The van der Waals surface area contributed by atoms with Crippen LogP contribution in [0.2, 0.25) is 5.02 Å². The Morgan fingerprint density at radius 1 is 1.44 bits per heavy atom. The van der Waals surface area contributed by atoms with Crippen LogP contribution in [0, 0.1) is 6.92 Å². The van der Waals surface area contributed by atoms with Gasteiger partial charge in [0, 0.05) is 11.6 Å². The standard InChI is InChI=1S/C11H14ClNO4S/c1-8-7-9(3-4-10(8)12)13(18(2,16)17)6-5-11(14)15/h3-4,7H,5-6H2,1-2H3,(H,14,15). The molecule has 0 aliphatic carbocycles. The summed E-state index contributed by atoms with van der Waals surface area (Å²) in [6.07, 6.45) is 0.785. The number of hydrogen-bond acceptors (Lipinski definition) is 3. The zero-order valence-corrected chi connectivity index (χ0v) is 11.6. The first-order valence-electron chi connectivity index (χ1n) is 5.17. The van der Waals surface area contributed by atoms with Gasteiger partial charge in [0.15, 0.2) is 0 Å². The van der Waals surface area contributed by atoms with Crippen molar-refractivity contribution in [2.75, 3.05) is 17.1 Å². The van der Waals surface area contributed by atoms with Gasteiger partial charge in [-0.05, 0) is 30.7 Å². The normalized spacial score (nSPS) is 11.3. The van der Waals surface area contributed by atoms with Crippen molar-refractivity contribution in [1.29, 1.82) is 0 Å². The zero-order chi connectivity index (χ0) is 13.9. The highest BCUT2D eigenvalue weighted by atomic mass is 35.5. The van der Waals surface area contributed by atoms with E-state index in [2.05, 4.69) is 0 Å². The predicted octanol–water partition coefficient (Wildman–Crippen LogP) is 1.89. The molecule has 1 N–H and O–H groups in total. The average Bonchev–Trinajstić information content (AvgIpc) is 2.21. The van der Waals surface area contributed by atoms with Crippen molar-refractivity contribution in [2.45, 2.75) is 13.3 Å². The van der Waals surface area contributed by atoms with Gasteiger partial charge in [0.1, 0.15) is 0 Å². The van der Waals surface area contributed by atoms with Gasteiger partial charge in [0.05, 0.1) is 18.4 Å². The van der Waals surface area contributed by atoms with Crippen LogP contribution in [-0.2, 0) is 14.8 Å². The quantitative estimate of drug-likeness (QED) is 0.899. The van der Waals surface area contributed by atoms with E-state index in [0.717, 1.165) is 16.1 Å². The van der Waals surface area contributed by atoms with E-state index in [1.165, 1.54) is 0 Å². The third-order valence-electron chi connectivity index (χ3n) is 2.36. The number of benzene rings is 1. The summed E-state index contributed by atoms with van der Waals surface area (Å²) in [5.74, 6) is -1.05. The zero-order valence-electron chi connectivity index (χ0n) is 10.1. The summed E-state index contributed by atoms with van der Waals surface area (Å²) in [5, 5.41) is 9.16. The van der Waals surface area contributed by atoms with Gasteiger partial charge in [-0.15, -0.1) is 0 Å². The number of hydrogen-bond donors (Lipinski definition) is 1. The Balaban J connectivity index is 3.10. The van der Waals surface area contributed by atoms with Crippen molar-refractivity contribution < 1.29 is 18.3 Å². The fourth-order valence-corrected chi connectivity index (χ4v) is 2.50. The van der Waals surface area contributed by atoms with Crippen LogP contribution in [0.5, 0.6) is 0 Å². The number of halogens is 1. The smallest absolute Gasteiger partial charge is 0.305 e. The number of aryl methyl sites for hydroxylation is 1. The topological polar surface area (TPSA) is 74.7 Å². The van der Waals surface area contributed by atoms with Gasteiger partial charge in [-0.25, -0.2) is 8.42 Å². The molecule has 0 unspecified atom stereocenters. The Morgan fingerprint density at radius 3 is 2.50 bits per heavy atom. The Morgan fingerprint density at radius 2 is 2.06 bits per heavy atom. The van der Waals surface area contributed by atoms with Crippen LogP contribution < -0.4 is 4.31 Å². The van der Waals surface area contributed by atoms with Crippen molar-refractivity contribution in [3.8, 4) is 0 Å². The maximum Gasteiger partial charge on any atom is 0.305 e. The molecule has 0 saturated heterocycles. The molecule has 18 heavy (non-hydrogen) atoms. The van der Waals surface area contributed by atoms with E-state index in [4.69, 9.17) is 16.7 Å². The molecule has 0 amide bonds. The van der Waals surface area contributed by atoms with Crippen molar-refractivity contribution >= 4 is 33.3 Å². The summed E-state index contributed by atoms with van der Waals surface area (Å²) in [7, 11) is -3.52. The Kier molecular flexibility index (Phi) is 4.59. The van der Waals surface area contributed by atoms with E-state index in [1.807, 2.05) is 0 Å². The maximum atomic E-state index is 11.6. The second-order valence-electron chi connectivity index (χ2n) is 3.91. The maximum absolute atomic E-state index is 11.6. The molecule has 1 aromatic carbocycles. The van der Waals surface area contributed by atoms with Gasteiger partial charge in [0.25, 0.3) is 0 Å². The van der Waals surface area contributed by atoms with Gasteiger partial charge in [-0.2, -0.15) is 0 Å². The van der Waals surface area contributed by atoms with Crippen LogP contribution in [0.15, 0.2) is 18.2 Å². The lowest BCUT2D eigenvalue weighted by Crippen LogP contribution is -2.32. The Bertz CT molecular complexity index is 556. The highest BCUT2D eigenvalue weighted by Gasteiger charge is 2.18. The minimum Gasteiger partial charge on any atom is -0.481 e. The molecule has 7 heteroatoms. The number of aliphatic carboxylic acids is 1. The molecule has 0 aliphatic heterocycles. The molecule has 100 valence electrons. The van der Waals surface area contributed by atoms with Gasteiger partial charge >= 0.3 is 5.97 Å². The first kappa shape index (κ1) is 14.8. The van der Waals surface area contributed by atoms with Crippen LogP contribution in [0.1, 0.15) is 12.0 Å². The first-order chi connectivity index (χ1) is 8.21. The van der Waals surface area contributed by atoms with Crippen molar-refractivity contribution in [2.24, 2.45) is 0 Å².